The quantitative estimate of drug-likeness (QED) is 0.263. The van der Waals surface area contributed by atoms with Gasteiger partial charge in [0.1, 0.15) is 11.5 Å². The maximum atomic E-state index is 13.3. The number of hydrogen-bond acceptors (Lipinski definition) is 6. The van der Waals surface area contributed by atoms with Gasteiger partial charge in [0, 0.05) is 66.7 Å². The van der Waals surface area contributed by atoms with Gasteiger partial charge >= 0.3 is 6.03 Å². The van der Waals surface area contributed by atoms with Crippen molar-refractivity contribution in [3.8, 4) is 11.5 Å². The predicted molar refractivity (Wildman–Crippen MR) is 170 cm³/mol. The van der Waals surface area contributed by atoms with Crippen LogP contribution in [0.25, 0.3) is 0 Å². The average molecular weight is 594 g/mol. The number of hydrogen-bond donors (Lipinski definition) is 3. The number of aromatic nitrogens is 1. The largest absolute Gasteiger partial charge is 0.497 e. The van der Waals surface area contributed by atoms with Crippen LogP contribution in [0, 0.1) is 5.92 Å². The Morgan fingerprint density at radius 2 is 1.70 bits per heavy atom. The third kappa shape index (κ3) is 6.10. The second-order valence-electron chi connectivity index (χ2n) is 11.1. The van der Waals surface area contributed by atoms with E-state index >= 15 is 0 Å². The average Bonchev–Trinajstić information content (AvgIpc) is 3.04. The maximum absolute atomic E-state index is 13.3. The monoisotopic (exact) mass is 593 g/mol. The summed E-state index contributed by atoms with van der Waals surface area (Å²) in [6, 6.07) is 25.0. The van der Waals surface area contributed by atoms with Gasteiger partial charge < -0.3 is 34.9 Å². The van der Waals surface area contributed by atoms with Crippen LogP contribution in [0.5, 0.6) is 11.5 Å². The van der Waals surface area contributed by atoms with Gasteiger partial charge in [-0.1, -0.05) is 30.3 Å². The highest BCUT2D eigenvalue weighted by Crippen LogP contribution is 2.39. The molecule has 3 aromatic carbocycles. The number of amides is 3. The van der Waals surface area contributed by atoms with Gasteiger partial charge in [-0.25, -0.2) is 4.79 Å². The van der Waals surface area contributed by atoms with Crippen LogP contribution in [0.1, 0.15) is 34.0 Å². The van der Waals surface area contributed by atoms with Gasteiger partial charge in [-0.2, -0.15) is 0 Å². The van der Waals surface area contributed by atoms with Crippen molar-refractivity contribution >= 4 is 29.0 Å². The molecule has 3 amide bonds. The van der Waals surface area contributed by atoms with E-state index in [1.54, 1.807) is 56.7 Å². The number of fused-ring (bicyclic) bond motifs is 4. The van der Waals surface area contributed by atoms with E-state index in [1.165, 1.54) is 0 Å². The molecule has 1 saturated heterocycles. The highest BCUT2D eigenvalue weighted by Gasteiger charge is 2.35. The third-order valence-corrected chi connectivity index (χ3v) is 8.29. The fourth-order valence-electron chi connectivity index (χ4n) is 6.26. The lowest BCUT2D eigenvalue weighted by atomic mass is 9.83. The summed E-state index contributed by atoms with van der Waals surface area (Å²) in [6.07, 6.45) is 1.00. The van der Waals surface area contributed by atoms with Crippen LogP contribution in [0.2, 0.25) is 0 Å². The van der Waals surface area contributed by atoms with Crippen LogP contribution in [0.4, 0.5) is 21.9 Å². The Labute approximate surface area is 255 Å². The molecular weight excluding hydrogens is 558 g/mol. The van der Waals surface area contributed by atoms with Gasteiger partial charge in [-0.15, -0.1) is 0 Å². The summed E-state index contributed by atoms with van der Waals surface area (Å²) in [7, 11) is 3.16. The van der Waals surface area contributed by atoms with Crippen LogP contribution >= 0.6 is 0 Å². The Hall–Kier alpha value is -5.25. The van der Waals surface area contributed by atoms with E-state index in [2.05, 4.69) is 20.9 Å². The zero-order valence-corrected chi connectivity index (χ0v) is 24.7. The molecule has 226 valence electrons. The van der Waals surface area contributed by atoms with Gasteiger partial charge in [0.05, 0.1) is 25.6 Å². The summed E-state index contributed by atoms with van der Waals surface area (Å²) in [6.45, 7) is 2.36. The Morgan fingerprint density at radius 1 is 0.864 bits per heavy atom. The zero-order chi connectivity index (χ0) is 30.6. The minimum Gasteiger partial charge on any atom is -0.497 e. The summed E-state index contributed by atoms with van der Waals surface area (Å²) in [5.41, 5.74) is 4.24. The molecule has 0 saturated carbocycles. The Bertz CT molecular complexity index is 1750. The first kappa shape index (κ1) is 28.9. The lowest BCUT2D eigenvalue weighted by molar-refractivity contribution is 0.0950. The number of methoxy groups -OCH3 is 2. The second-order valence-corrected chi connectivity index (χ2v) is 11.1. The van der Waals surface area contributed by atoms with E-state index in [0.717, 1.165) is 29.9 Å². The van der Waals surface area contributed by atoms with E-state index in [0.29, 0.717) is 41.5 Å². The minimum atomic E-state index is -0.444. The van der Waals surface area contributed by atoms with Crippen molar-refractivity contribution in [1.29, 1.82) is 0 Å². The number of piperidine rings is 1. The number of carbonyl (C=O) groups is 2. The second kappa shape index (κ2) is 12.5. The van der Waals surface area contributed by atoms with Gasteiger partial charge in [0.25, 0.3) is 11.5 Å². The van der Waals surface area contributed by atoms with Crippen molar-refractivity contribution in [3.63, 3.8) is 0 Å². The molecule has 44 heavy (non-hydrogen) atoms. The Morgan fingerprint density at radius 3 is 2.55 bits per heavy atom. The molecule has 0 spiro atoms. The van der Waals surface area contributed by atoms with Crippen molar-refractivity contribution in [2.24, 2.45) is 5.92 Å². The minimum absolute atomic E-state index is 0.0331. The number of benzene rings is 3. The molecule has 10 heteroatoms. The summed E-state index contributed by atoms with van der Waals surface area (Å²) < 4.78 is 12.6. The van der Waals surface area contributed by atoms with E-state index in [4.69, 9.17) is 9.47 Å². The SMILES string of the molecule is COc1cccc(NC(=O)Nc2cc(C(=O)NCc3ccccc3OC)ccc2N2CC3CC(C2)c2cccc(=O)n2C3)c1. The smallest absolute Gasteiger partial charge is 0.323 e. The molecule has 1 fully saturated rings. The molecule has 0 aliphatic carbocycles. The fraction of sp³-hybridized carbons (Fsp3) is 0.265. The van der Waals surface area contributed by atoms with E-state index < -0.39 is 6.03 Å². The summed E-state index contributed by atoms with van der Waals surface area (Å²) in [4.78, 5) is 41.3. The normalized spacial score (nSPS) is 16.8. The number of urea groups is 1. The van der Waals surface area contributed by atoms with E-state index in [1.807, 2.05) is 47.0 Å². The molecule has 2 atom stereocenters. The standard InChI is InChI=1S/C34H35N5O5/c1-43-27-9-5-8-26(17-27)36-34(42)37-28-16-23(33(41)35-18-24-7-3-4-11-31(24)44-2)13-14-30(28)38-19-22-15-25(21-38)29-10-6-12-32(40)39(29)20-22/h3-14,16-17,22,25H,15,18-21H2,1-2H3,(H,35,41)(H2,36,37,42). The highest BCUT2D eigenvalue weighted by atomic mass is 16.5. The van der Waals surface area contributed by atoms with Gasteiger partial charge in [0.15, 0.2) is 0 Å². The molecule has 1 aromatic heterocycles. The van der Waals surface area contributed by atoms with Crippen LogP contribution in [0.3, 0.4) is 0 Å². The van der Waals surface area contributed by atoms with E-state index in [9.17, 15) is 14.4 Å². The first-order valence-electron chi connectivity index (χ1n) is 14.6. The number of rotatable bonds is 8. The Balaban J connectivity index is 1.27. The molecule has 2 unspecified atom stereocenters. The molecule has 2 aliphatic rings. The van der Waals surface area contributed by atoms with Crippen molar-refractivity contribution in [3.05, 3.63) is 112 Å². The Kier molecular flexibility index (Phi) is 8.23. The molecule has 2 bridgehead atoms. The van der Waals surface area contributed by atoms with Crippen molar-refractivity contribution in [2.75, 3.05) is 42.8 Å². The van der Waals surface area contributed by atoms with Gasteiger partial charge in [-0.3, -0.25) is 9.59 Å². The third-order valence-electron chi connectivity index (χ3n) is 8.29. The lowest BCUT2D eigenvalue weighted by Gasteiger charge is -2.44. The molecule has 6 rings (SSSR count). The van der Waals surface area contributed by atoms with Crippen LogP contribution in [0.15, 0.2) is 89.7 Å². The number of para-hydroxylation sites is 1. The summed E-state index contributed by atoms with van der Waals surface area (Å²) in [5.74, 6) is 1.50. The number of nitrogens with zero attached hydrogens (tertiary/aromatic N) is 2. The fourth-order valence-corrected chi connectivity index (χ4v) is 6.26. The molecule has 4 aromatic rings. The van der Waals surface area contributed by atoms with Crippen LogP contribution in [-0.4, -0.2) is 43.8 Å². The molecule has 3 heterocycles. The number of ether oxygens (including phenoxy) is 2. The maximum Gasteiger partial charge on any atom is 0.323 e. The van der Waals surface area contributed by atoms with E-state index in [-0.39, 0.29) is 29.8 Å². The lowest BCUT2D eigenvalue weighted by Crippen LogP contribution is -2.47. The van der Waals surface area contributed by atoms with Gasteiger partial charge in [-0.05, 0) is 54.8 Å². The molecule has 2 aliphatic heterocycles. The van der Waals surface area contributed by atoms with Crippen molar-refractivity contribution < 1.29 is 19.1 Å². The number of nitrogens with one attached hydrogen (secondary N) is 3. The molecule has 3 N–H and O–H groups in total. The first-order valence-corrected chi connectivity index (χ1v) is 14.6. The van der Waals surface area contributed by atoms with Crippen LogP contribution in [-0.2, 0) is 13.1 Å². The summed E-state index contributed by atoms with van der Waals surface area (Å²) >= 11 is 0. The number of carbonyl (C=O) groups excluding carboxylic acids is 2. The summed E-state index contributed by atoms with van der Waals surface area (Å²) in [5, 5.41) is 8.81. The van der Waals surface area contributed by atoms with Crippen molar-refractivity contribution in [2.45, 2.75) is 25.4 Å². The molecule has 10 nitrogen and oxygen atoms in total. The van der Waals surface area contributed by atoms with Gasteiger partial charge in [0.2, 0.25) is 0 Å². The van der Waals surface area contributed by atoms with Crippen molar-refractivity contribution in [1.82, 2.24) is 9.88 Å². The highest BCUT2D eigenvalue weighted by molar-refractivity contribution is 6.04. The van der Waals surface area contributed by atoms with Crippen LogP contribution < -0.4 is 35.9 Å². The zero-order valence-electron chi connectivity index (χ0n) is 24.7. The number of pyridine rings is 1. The number of anilines is 3. The topological polar surface area (TPSA) is 114 Å². The molecular formula is C34H35N5O5. The predicted octanol–water partition coefficient (Wildman–Crippen LogP) is 5.06. The molecule has 0 radical (unpaired) electrons. The first-order chi connectivity index (χ1) is 21.4.